The summed E-state index contributed by atoms with van der Waals surface area (Å²) in [5, 5.41) is 2.55. The Morgan fingerprint density at radius 3 is 1.49 bits per heavy atom. The molecule has 0 spiro atoms. The maximum Gasteiger partial charge on any atom is 0.0541 e. The summed E-state index contributed by atoms with van der Waals surface area (Å²) in [6, 6.07) is 61.5. The van der Waals surface area contributed by atoms with Gasteiger partial charge in [0.25, 0.3) is 0 Å². The lowest BCUT2D eigenvalue weighted by Crippen LogP contribution is -2.10. The van der Waals surface area contributed by atoms with Gasteiger partial charge in [0, 0.05) is 33.5 Å². The van der Waals surface area contributed by atoms with E-state index in [-0.39, 0.29) is 0 Å². The Morgan fingerprint density at radius 1 is 0.490 bits per heavy atom. The minimum Gasteiger partial charge on any atom is -0.310 e. The van der Waals surface area contributed by atoms with Gasteiger partial charge in [0.05, 0.1) is 11.0 Å². The smallest absolute Gasteiger partial charge is 0.0541 e. The Morgan fingerprint density at radius 2 is 0.959 bits per heavy atom. The molecule has 1 aromatic heterocycles. The molecule has 7 aromatic carbocycles. The summed E-state index contributed by atoms with van der Waals surface area (Å²) in [6.45, 7) is 4.30. The van der Waals surface area contributed by atoms with Gasteiger partial charge in [-0.25, -0.2) is 0 Å². The number of benzene rings is 7. The normalized spacial score (nSPS) is 11.5. The standard InChI is InChI=1S/C47H38N2/c1-3-12-39-33-43(32-19-34(39)4-2)48(40-26-20-36(21-27-40)35-13-6-5-7-14-35)41-28-22-37(23-29-41)38-24-30-42(31-25-38)49-46-17-10-8-15-44(46)45-16-9-11-18-47(45)49/h3,5-33H,4H2,1-2H3/b12-3-. The molecule has 0 amide bonds. The van der Waals surface area contributed by atoms with Crippen LogP contribution in [0.15, 0.2) is 176 Å². The average molecular weight is 631 g/mol. The molecule has 0 fully saturated rings. The number of anilines is 3. The number of allylic oxidation sites excluding steroid dienone is 1. The molecular weight excluding hydrogens is 593 g/mol. The van der Waals surface area contributed by atoms with Gasteiger partial charge < -0.3 is 9.47 Å². The van der Waals surface area contributed by atoms with E-state index in [0.717, 1.165) is 29.2 Å². The molecular formula is C47H38N2. The summed E-state index contributed by atoms with van der Waals surface area (Å²) in [7, 11) is 0. The highest BCUT2D eigenvalue weighted by molar-refractivity contribution is 6.09. The fraction of sp³-hybridized carbons (Fsp3) is 0.0638. The van der Waals surface area contributed by atoms with E-state index in [2.05, 4.69) is 205 Å². The first-order valence-corrected chi connectivity index (χ1v) is 17.1. The predicted octanol–water partition coefficient (Wildman–Crippen LogP) is 13.2. The highest BCUT2D eigenvalue weighted by atomic mass is 15.1. The lowest BCUT2D eigenvalue weighted by molar-refractivity contribution is 1.13. The van der Waals surface area contributed by atoms with Gasteiger partial charge in [0.1, 0.15) is 0 Å². The monoisotopic (exact) mass is 630 g/mol. The molecule has 0 aliphatic heterocycles. The number of hydrogen-bond acceptors (Lipinski definition) is 1. The number of aryl methyl sites for hydroxylation is 1. The summed E-state index contributed by atoms with van der Waals surface area (Å²) in [5.41, 5.74) is 14.4. The van der Waals surface area contributed by atoms with Gasteiger partial charge >= 0.3 is 0 Å². The Kier molecular flexibility index (Phi) is 8.13. The van der Waals surface area contributed by atoms with E-state index in [4.69, 9.17) is 0 Å². The third-order valence-corrected chi connectivity index (χ3v) is 9.51. The molecule has 2 heteroatoms. The summed E-state index contributed by atoms with van der Waals surface area (Å²) >= 11 is 0. The Balaban J connectivity index is 1.15. The Hall–Kier alpha value is -6.12. The summed E-state index contributed by atoms with van der Waals surface area (Å²) < 4.78 is 2.37. The van der Waals surface area contributed by atoms with Crippen molar-refractivity contribution in [1.82, 2.24) is 4.57 Å². The number of fused-ring (bicyclic) bond motifs is 3. The molecule has 236 valence electrons. The molecule has 0 atom stereocenters. The lowest BCUT2D eigenvalue weighted by atomic mass is 10.0. The predicted molar refractivity (Wildman–Crippen MR) is 210 cm³/mol. The quantitative estimate of drug-likeness (QED) is 0.162. The van der Waals surface area contributed by atoms with Crippen molar-refractivity contribution in [1.29, 1.82) is 0 Å². The van der Waals surface area contributed by atoms with E-state index in [1.807, 2.05) is 0 Å². The van der Waals surface area contributed by atoms with Crippen molar-refractivity contribution in [3.05, 3.63) is 187 Å². The molecule has 1 heterocycles. The fourth-order valence-electron chi connectivity index (χ4n) is 7.07. The van der Waals surface area contributed by atoms with Crippen LogP contribution in [0.1, 0.15) is 25.0 Å². The number of para-hydroxylation sites is 2. The van der Waals surface area contributed by atoms with Crippen LogP contribution in [0.25, 0.3) is 55.8 Å². The zero-order valence-electron chi connectivity index (χ0n) is 27.9. The Bertz CT molecular complexity index is 2340. The second kappa shape index (κ2) is 13.2. The summed E-state index contributed by atoms with van der Waals surface area (Å²) in [4.78, 5) is 2.36. The second-order valence-electron chi connectivity index (χ2n) is 12.4. The molecule has 8 rings (SSSR count). The molecule has 0 aliphatic rings. The van der Waals surface area contributed by atoms with Crippen LogP contribution in [0, 0.1) is 0 Å². The molecule has 0 radical (unpaired) electrons. The van der Waals surface area contributed by atoms with Crippen LogP contribution >= 0.6 is 0 Å². The molecule has 0 unspecified atom stereocenters. The van der Waals surface area contributed by atoms with E-state index < -0.39 is 0 Å². The van der Waals surface area contributed by atoms with Crippen molar-refractivity contribution < 1.29 is 0 Å². The minimum absolute atomic E-state index is 0.996. The van der Waals surface area contributed by atoms with Gasteiger partial charge in [-0.15, -0.1) is 0 Å². The first-order chi connectivity index (χ1) is 24.2. The van der Waals surface area contributed by atoms with Gasteiger partial charge in [-0.3, -0.25) is 0 Å². The van der Waals surface area contributed by atoms with Gasteiger partial charge in [0.2, 0.25) is 0 Å². The molecule has 0 N–H and O–H groups in total. The Labute approximate surface area is 288 Å². The average Bonchev–Trinajstić information content (AvgIpc) is 3.51. The third kappa shape index (κ3) is 5.72. The van der Waals surface area contributed by atoms with Crippen LogP contribution in [0.5, 0.6) is 0 Å². The van der Waals surface area contributed by atoms with Crippen LogP contribution in [-0.2, 0) is 6.42 Å². The van der Waals surface area contributed by atoms with Crippen molar-refractivity contribution >= 4 is 44.9 Å². The van der Waals surface area contributed by atoms with Crippen LogP contribution in [0.3, 0.4) is 0 Å². The lowest BCUT2D eigenvalue weighted by Gasteiger charge is -2.27. The summed E-state index contributed by atoms with van der Waals surface area (Å²) in [5.74, 6) is 0. The van der Waals surface area contributed by atoms with E-state index in [9.17, 15) is 0 Å². The molecule has 49 heavy (non-hydrogen) atoms. The van der Waals surface area contributed by atoms with Crippen molar-refractivity contribution in [3.63, 3.8) is 0 Å². The SMILES string of the molecule is C/C=C\c1cc(N(c2ccc(-c3ccccc3)cc2)c2ccc(-c3ccc(-n4c5ccccc5c5ccccc54)cc3)cc2)ccc1CC. The van der Waals surface area contributed by atoms with Crippen molar-refractivity contribution in [2.45, 2.75) is 20.3 Å². The number of nitrogens with zero attached hydrogens (tertiary/aromatic N) is 2. The maximum absolute atomic E-state index is 2.37. The first-order valence-electron chi connectivity index (χ1n) is 17.1. The molecule has 0 aliphatic carbocycles. The van der Waals surface area contributed by atoms with Gasteiger partial charge in [-0.2, -0.15) is 0 Å². The highest BCUT2D eigenvalue weighted by Gasteiger charge is 2.15. The van der Waals surface area contributed by atoms with Gasteiger partial charge in [-0.1, -0.05) is 128 Å². The minimum atomic E-state index is 0.996. The van der Waals surface area contributed by atoms with Crippen LogP contribution in [0.2, 0.25) is 0 Å². The molecule has 0 bridgehead atoms. The van der Waals surface area contributed by atoms with Crippen LogP contribution in [0.4, 0.5) is 17.1 Å². The van der Waals surface area contributed by atoms with Gasteiger partial charge in [0.15, 0.2) is 0 Å². The van der Waals surface area contributed by atoms with E-state index in [0.29, 0.717) is 0 Å². The van der Waals surface area contributed by atoms with E-state index in [1.54, 1.807) is 0 Å². The van der Waals surface area contributed by atoms with Crippen LogP contribution < -0.4 is 4.90 Å². The van der Waals surface area contributed by atoms with E-state index >= 15 is 0 Å². The molecule has 0 saturated carbocycles. The van der Waals surface area contributed by atoms with Crippen molar-refractivity contribution in [2.24, 2.45) is 0 Å². The highest BCUT2D eigenvalue weighted by Crippen LogP contribution is 2.38. The van der Waals surface area contributed by atoms with Gasteiger partial charge in [-0.05, 0) is 107 Å². The van der Waals surface area contributed by atoms with E-state index in [1.165, 1.54) is 55.2 Å². The van der Waals surface area contributed by atoms with Crippen LogP contribution in [-0.4, -0.2) is 4.57 Å². The fourth-order valence-corrected chi connectivity index (χ4v) is 7.07. The molecule has 2 nitrogen and oxygen atoms in total. The molecule has 8 aromatic rings. The number of hydrogen-bond donors (Lipinski definition) is 0. The second-order valence-corrected chi connectivity index (χ2v) is 12.4. The topological polar surface area (TPSA) is 8.17 Å². The number of aromatic nitrogens is 1. The third-order valence-electron chi connectivity index (χ3n) is 9.51. The molecule has 0 saturated heterocycles. The zero-order valence-corrected chi connectivity index (χ0v) is 27.9. The summed E-state index contributed by atoms with van der Waals surface area (Å²) in [6.07, 6.45) is 5.33. The maximum atomic E-state index is 2.37. The number of rotatable bonds is 8. The largest absolute Gasteiger partial charge is 0.310 e. The van der Waals surface area contributed by atoms with Crippen molar-refractivity contribution in [3.8, 4) is 27.9 Å². The first kappa shape index (κ1) is 30.2. The van der Waals surface area contributed by atoms with Crippen molar-refractivity contribution in [2.75, 3.05) is 4.90 Å². The zero-order chi connectivity index (χ0) is 33.2.